The van der Waals surface area contributed by atoms with Crippen molar-refractivity contribution in [1.82, 2.24) is 5.32 Å². The van der Waals surface area contributed by atoms with Crippen LogP contribution in [0.25, 0.3) is 0 Å². The predicted molar refractivity (Wildman–Crippen MR) is 74.0 cm³/mol. The smallest absolute Gasteiger partial charge is 0.303 e. The summed E-state index contributed by atoms with van der Waals surface area (Å²) >= 11 is 0. The molecule has 0 unspecified atom stereocenters. The van der Waals surface area contributed by atoms with Crippen molar-refractivity contribution in [3.8, 4) is 0 Å². The molecular formula is C13H25BNO3. The number of aliphatic carboxylic acids is 1. The van der Waals surface area contributed by atoms with Crippen molar-refractivity contribution in [2.75, 3.05) is 6.54 Å². The fourth-order valence-electron chi connectivity index (χ4n) is 1.77. The third-order valence-corrected chi connectivity index (χ3v) is 2.78. The second kappa shape index (κ2) is 12.5. The first-order valence-electron chi connectivity index (χ1n) is 6.93. The van der Waals surface area contributed by atoms with Crippen LogP contribution in [0.5, 0.6) is 0 Å². The molecule has 0 aromatic heterocycles. The minimum absolute atomic E-state index is 0.103. The Kier molecular flexibility index (Phi) is 11.8. The number of hydrogen-bond donors (Lipinski definition) is 2. The second-order valence-electron chi connectivity index (χ2n) is 4.58. The molecule has 1 amide bonds. The number of carbonyl (C=O) groups excluding carboxylic acids is 1. The average Bonchev–Trinajstić information content (AvgIpc) is 2.31. The van der Waals surface area contributed by atoms with Gasteiger partial charge in [0.25, 0.3) is 0 Å². The van der Waals surface area contributed by atoms with Gasteiger partial charge in [-0.3, -0.25) is 9.59 Å². The van der Waals surface area contributed by atoms with Gasteiger partial charge in [0, 0.05) is 13.0 Å². The van der Waals surface area contributed by atoms with E-state index in [9.17, 15) is 9.59 Å². The predicted octanol–water partition coefficient (Wildman–Crippen LogP) is 2.48. The van der Waals surface area contributed by atoms with Crippen molar-refractivity contribution in [2.24, 2.45) is 0 Å². The van der Waals surface area contributed by atoms with Crippen LogP contribution in [0, 0.1) is 0 Å². The molecule has 1 radical (unpaired) electrons. The van der Waals surface area contributed by atoms with E-state index in [2.05, 4.69) is 5.32 Å². The van der Waals surface area contributed by atoms with Crippen molar-refractivity contribution in [3.63, 3.8) is 0 Å². The zero-order valence-electron chi connectivity index (χ0n) is 11.4. The van der Waals surface area contributed by atoms with Crippen molar-refractivity contribution < 1.29 is 14.7 Å². The number of carbonyl (C=O) groups is 2. The largest absolute Gasteiger partial charge is 0.481 e. The van der Waals surface area contributed by atoms with Gasteiger partial charge in [-0.05, 0) is 19.2 Å². The van der Waals surface area contributed by atoms with E-state index in [1.807, 2.05) is 14.1 Å². The number of nitrogens with one attached hydrogen (secondary N) is 1. The van der Waals surface area contributed by atoms with Gasteiger partial charge in [0.1, 0.15) is 7.28 Å². The van der Waals surface area contributed by atoms with E-state index in [0.29, 0.717) is 12.7 Å². The summed E-state index contributed by atoms with van der Waals surface area (Å²) in [6.45, 7) is 2.65. The van der Waals surface area contributed by atoms with E-state index in [-0.39, 0.29) is 5.91 Å². The first-order chi connectivity index (χ1) is 8.66. The van der Waals surface area contributed by atoms with Crippen LogP contribution in [0.4, 0.5) is 0 Å². The molecule has 0 bridgehead atoms. The Morgan fingerprint density at radius 2 is 1.56 bits per heavy atom. The molecule has 18 heavy (non-hydrogen) atoms. The summed E-state index contributed by atoms with van der Waals surface area (Å²) in [7, 11) is 1.85. The van der Waals surface area contributed by atoms with Crippen molar-refractivity contribution in [3.05, 3.63) is 0 Å². The lowest BCUT2D eigenvalue weighted by atomic mass is 9.78. The summed E-state index contributed by atoms with van der Waals surface area (Å²) in [6, 6.07) is 0. The Balaban J connectivity index is 3.07. The molecule has 5 heteroatoms. The Bertz CT molecular complexity index is 234. The Hall–Kier alpha value is -0.995. The minimum Gasteiger partial charge on any atom is -0.481 e. The molecule has 0 fully saturated rings. The van der Waals surface area contributed by atoms with Crippen LogP contribution in [0.15, 0.2) is 0 Å². The quantitative estimate of drug-likeness (QED) is 0.415. The summed E-state index contributed by atoms with van der Waals surface area (Å²) in [4.78, 5) is 21.4. The lowest BCUT2D eigenvalue weighted by molar-refractivity contribution is -0.137. The lowest BCUT2D eigenvalue weighted by Gasteiger charge is -2.04. The van der Waals surface area contributed by atoms with Crippen LogP contribution in [0.2, 0.25) is 13.1 Å². The molecule has 0 saturated carbocycles. The number of carboxylic acid groups (broad SMARTS) is 1. The van der Waals surface area contributed by atoms with Gasteiger partial charge in [0.2, 0.25) is 5.91 Å². The number of carboxylic acids is 1. The SMILES string of the molecule is C[B]CC(=O)NCCCCCCCCCC(=O)O. The fraction of sp³-hybridized carbons (Fsp3) is 0.846. The maximum absolute atomic E-state index is 11.1. The molecule has 0 aromatic carbocycles. The number of hydrogen-bond acceptors (Lipinski definition) is 2. The summed E-state index contributed by atoms with van der Waals surface area (Å²) in [5.41, 5.74) is 0. The molecule has 0 heterocycles. The Morgan fingerprint density at radius 3 is 2.11 bits per heavy atom. The van der Waals surface area contributed by atoms with Gasteiger partial charge in [0.05, 0.1) is 0 Å². The molecule has 0 aliphatic rings. The molecule has 0 rings (SSSR count). The van der Waals surface area contributed by atoms with E-state index in [1.165, 1.54) is 6.42 Å². The number of amides is 1. The summed E-state index contributed by atoms with van der Waals surface area (Å²) in [5, 5.41) is 11.3. The molecule has 0 spiro atoms. The molecule has 2 N–H and O–H groups in total. The summed E-state index contributed by atoms with van der Waals surface area (Å²) in [5.74, 6) is -0.596. The van der Waals surface area contributed by atoms with Gasteiger partial charge in [-0.2, -0.15) is 0 Å². The molecule has 103 valence electrons. The topological polar surface area (TPSA) is 66.4 Å². The average molecular weight is 254 g/mol. The van der Waals surface area contributed by atoms with Crippen molar-refractivity contribution >= 4 is 19.2 Å². The van der Waals surface area contributed by atoms with Crippen LogP contribution in [0.1, 0.15) is 51.4 Å². The van der Waals surface area contributed by atoms with Gasteiger partial charge in [-0.1, -0.05) is 38.9 Å². The van der Waals surface area contributed by atoms with Crippen LogP contribution in [-0.4, -0.2) is 30.8 Å². The van der Waals surface area contributed by atoms with Crippen LogP contribution in [0.3, 0.4) is 0 Å². The van der Waals surface area contributed by atoms with E-state index < -0.39 is 5.97 Å². The van der Waals surface area contributed by atoms with Crippen LogP contribution < -0.4 is 5.32 Å². The second-order valence-corrected chi connectivity index (χ2v) is 4.58. The third-order valence-electron chi connectivity index (χ3n) is 2.78. The maximum Gasteiger partial charge on any atom is 0.303 e. The van der Waals surface area contributed by atoms with Crippen molar-refractivity contribution in [2.45, 2.75) is 64.5 Å². The van der Waals surface area contributed by atoms with E-state index >= 15 is 0 Å². The highest BCUT2D eigenvalue weighted by atomic mass is 16.4. The van der Waals surface area contributed by atoms with Crippen LogP contribution in [-0.2, 0) is 9.59 Å². The molecule has 0 aromatic rings. The van der Waals surface area contributed by atoms with Gasteiger partial charge >= 0.3 is 5.97 Å². The third kappa shape index (κ3) is 13.1. The first kappa shape index (κ1) is 17.0. The van der Waals surface area contributed by atoms with E-state index in [4.69, 9.17) is 5.11 Å². The molecule has 4 nitrogen and oxygen atoms in total. The van der Waals surface area contributed by atoms with Gasteiger partial charge in [-0.25, -0.2) is 0 Å². The standard InChI is InChI=1S/C13H25BNO3/c1-14-11-12(16)15-10-8-6-4-2-3-5-7-9-13(17)18/h2-11H2,1H3,(H,15,16)(H,17,18). The highest BCUT2D eigenvalue weighted by Gasteiger charge is 1.98. The first-order valence-corrected chi connectivity index (χ1v) is 6.93. The molecule has 0 saturated heterocycles. The zero-order valence-corrected chi connectivity index (χ0v) is 11.4. The van der Waals surface area contributed by atoms with E-state index in [0.717, 1.165) is 45.1 Å². The van der Waals surface area contributed by atoms with Crippen molar-refractivity contribution in [1.29, 1.82) is 0 Å². The lowest BCUT2D eigenvalue weighted by Crippen LogP contribution is -2.24. The normalized spacial score (nSPS) is 10.1. The van der Waals surface area contributed by atoms with Crippen LogP contribution >= 0.6 is 0 Å². The minimum atomic E-state index is -0.699. The van der Waals surface area contributed by atoms with Gasteiger partial charge in [0.15, 0.2) is 0 Å². The summed E-state index contributed by atoms with van der Waals surface area (Å²) < 4.78 is 0. The Morgan fingerprint density at radius 1 is 1.00 bits per heavy atom. The fourth-order valence-corrected chi connectivity index (χ4v) is 1.77. The molecule has 0 aliphatic heterocycles. The highest BCUT2D eigenvalue weighted by Crippen LogP contribution is 2.08. The van der Waals surface area contributed by atoms with E-state index in [1.54, 1.807) is 0 Å². The zero-order chi connectivity index (χ0) is 13.6. The Labute approximate surface area is 111 Å². The molecular weight excluding hydrogens is 229 g/mol. The maximum atomic E-state index is 11.1. The van der Waals surface area contributed by atoms with Gasteiger partial charge in [-0.15, -0.1) is 0 Å². The number of unbranched alkanes of at least 4 members (excludes halogenated alkanes) is 6. The number of rotatable bonds is 12. The summed E-state index contributed by atoms with van der Waals surface area (Å²) in [6.07, 6.45) is 8.21. The van der Waals surface area contributed by atoms with Gasteiger partial charge < -0.3 is 10.4 Å². The molecule has 0 aliphatic carbocycles. The highest BCUT2D eigenvalue weighted by molar-refractivity contribution is 6.39. The molecule has 0 atom stereocenters. The monoisotopic (exact) mass is 254 g/mol.